The van der Waals surface area contributed by atoms with Crippen molar-refractivity contribution in [1.29, 1.82) is 0 Å². The summed E-state index contributed by atoms with van der Waals surface area (Å²) in [5, 5.41) is 10.0. The molecule has 38 heavy (non-hydrogen) atoms. The normalized spacial score (nSPS) is 30.1. The highest BCUT2D eigenvalue weighted by atomic mass is 32.2. The Hall–Kier alpha value is -2.78. The van der Waals surface area contributed by atoms with Crippen molar-refractivity contribution in [3.63, 3.8) is 0 Å². The lowest BCUT2D eigenvalue weighted by molar-refractivity contribution is -0.155. The number of aliphatic hydroxyl groups excluding tert-OH is 1. The van der Waals surface area contributed by atoms with Gasteiger partial charge in [-0.05, 0) is 56.4 Å². The molecule has 2 amide bonds. The summed E-state index contributed by atoms with van der Waals surface area (Å²) in [6, 6.07) is 5.74. The van der Waals surface area contributed by atoms with Crippen LogP contribution in [0.25, 0.3) is 0 Å². The van der Waals surface area contributed by atoms with E-state index in [0.717, 1.165) is 12.8 Å². The quantitative estimate of drug-likeness (QED) is 0.246. The summed E-state index contributed by atoms with van der Waals surface area (Å²) in [6.07, 6.45) is 5.56. The van der Waals surface area contributed by atoms with E-state index in [2.05, 4.69) is 20.1 Å². The molecule has 8 nitrogen and oxygen atoms in total. The van der Waals surface area contributed by atoms with Crippen molar-refractivity contribution in [2.45, 2.75) is 55.2 Å². The molecular formula is C29H38N2O6S. The summed E-state index contributed by atoms with van der Waals surface area (Å²) >= 11 is 1.59. The molecule has 2 bridgehead atoms. The SMILES string of the molecule is C=CCCCOC(=O)[C@@H]1[C@@H]2CC(C)C3(S2)C(C(=O)N(CC=C)c2ccc(OC)cc2)N([C@H](C)CO)C(=O)[C@H]13. The van der Waals surface area contributed by atoms with Crippen LogP contribution >= 0.6 is 11.8 Å². The van der Waals surface area contributed by atoms with Crippen molar-refractivity contribution in [3.05, 3.63) is 49.6 Å². The number of hydrogen-bond donors (Lipinski definition) is 1. The number of aliphatic hydroxyl groups is 1. The standard InChI is InChI=1S/C29H38N2O6S/c1-6-8-9-15-37-28(35)23-22-16-18(3)29(38-22)24(23)26(33)31(19(4)17-32)25(29)27(34)30(14-7-2)20-10-12-21(36-5)13-11-20/h6-7,10-13,18-19,22-25,32H,1-2,8-9,14-17H2,3-5H3/t18?,19-,22+,23-,24+,25?,29?/m1/s1. The number of hydrogen-bond acceptors (Lipinski definition) is 7. The molecule has 1 aromatic carbocycles. The number of thioether (sulfide) groups is 1. The van der Waals surface area contributed by atoms with Crippen molar-refractivity contribution in [2.75, 3.05) is 31.8 Å². The van der Waals surface area contributed by atoms with Crippen molar-refractivity contribution >= 4 is 35.2 Å². The highest BCUT2D eigenvalue weighted by Crippen LogP contribution is 2.69. The molecule has 1 N–H and O–H groups in total. The summed E-state index contributed by atoms with van der Waals surface area (Å²) in [5.41, 5.74) is 0.656. The number of ether oxygens (including phenoxy) is 2. The topological polar surface area (TPSA) is 96.4 Å². The highest BCUT2D eigenvalue weighted by Gasteiger charge is 2.77. The second-order valence-corrected chi connectivity index (χ2v) is 11.9. The molecule has 1 aromatic rings. The van der Waals surface area contributed by atoms with Crippen LogP contribution in [0.5, 0.6) is 5.75 Å². The largest absolute Gasteiger partial charge is 0.497 e. The number of amides is 2. The smallest absolute Gasteiger partial charge is 0.310 e. The third-order valence-corrected chi connectivity index (χ3v) is 10.3. The molecule has 3 unspecified atom stereocenters. The van der Waals surface area contributed by atoms with Gasteiger partial charge in [0.1, 0.15) is 11.8 Å². The molecule has 9 heteroatoms. The first-order valence-corrected chi connectivity index (χ1v) is 14.1. The lowest BCUT2D eigenvalue weighted by Crippen LogP contribution is -2.59. The van der Waals surface area contributed by atoms with Gasteiger partial charge in [0.05, 0.1) is 42.9 Å². The monoisotopic (exact) mass is 542 g/mol. The van der Waals surface area contributed by atoms with Crippen LogP contribution < -0.4 is 9.64 Å². The number of nitrogens with zero attached hydrogens (tertiary/aromatic N) is 2. The van der Waals surface area contributed by atoms with Gasteiger partial charge < -0.3 is 24.4 Å². The van der Waals surface area contributed by atoms with E-state index in [1.165, 1.54) is 4.90 Å². The Labute approximate surface area is 229 Å². The second-order valence-electron chi connectivity index (χ2n) is 10.4. The fourth-order valence-corrected chi connectivity index (χ4v) is 8.82. The molecule has 7 atom stereocenters. The third kappa shape index (κ3) is 4.53. The molecule has 0 radical (unpaired) electrons. The molecule has 0 aromatic heterocycles. The maximum Gasteiger partial charge on any atom is 0.310 e. The molecule has 4 rings (SSSR count). The van der Waals surface area contributed by atoms with Crippen LogP contribution in [0.1, 0.15) is 33.1 Å². The average Bonchev–Trinajstić information content (AvgIpc) is 3.52. The zero-order valence-corrected chi connectivity index (χ0v) is 23.2. The fraction of sp³-hybridized carbons (Fsp3) is 0.552. The molecule has 0 aliphatic carbocycles. The van der Waals surface area contributed by atoms with Crippen LogP contribution in [0.3, 0.4) is 0 Å². The predicted octanol–water partition coefficient (Wildman–Crippen LogP) is 3.44. The number of carbonyl (C=O) groups is 3. The number of esters is 1. The Bertz CT molecular complexity index is 1080. The molecule has 0 saturated carbocycles. The van der Waals surface area contributed by atoms with E-state index < -0.39 is 28.7 Å². The van der Waals surface area contributed by atoms with Gasteiger partial charge in [-0.1, -0.05) is 19.1 Å². The number of carbonyl (C=O) groups excluding carboxylic acids is 3. The van der Waals surface area contributed by atoms with Gasteiger partial charge in [-0.3, -0.25) is 14.4 Å². The van der Waals surface area contributed by atoms with E-state index in [1.807, 2.05) is 0 Å². The first-order valence-electron chi connectivity index (χ1n) is 13.2. The van der Waals surface area contributed by atoms with Crippen LogP contribution in [-0.2, 0) is 19.1 Å². The molecule has 3 fully saturated rings. The lowest BCUT2D eigenvalue weighted by Gasteiger charge is -2.41. The van der Waals surface area contributed by atoms with Gasteiger partial charge >= 0.3 is 5.97 Å². The molecule has 206 valence electrons. The minimum Gasteiger partial charge on any atom is -0.497 e. The molecule has 3 aliphatic heterocycles. The molecular weight excluding hydrogens is 504 g/mol. The summed E-state index contributed by atoms with van der Waals surface area (Å²) < 4.78 is 10.1. The predicted molar refractivity (Wildman–Crippen MR) is 148 cm³/mol. The van der Waals surface area contributed by atoms with E-state index in [1.54, 1.807) is 67.1 Å². The van der Waals surface area contributed by atoms with Crippen LogP contribution in [0.4, 0.5) is 5.69 Å². The van der Waals surface area contributed by atoms with Crippen LogP contribution in [-0.4, -0.2) is 76.7 Å². The first kappa shape index (κ1) is 28.2. The number of allylic oxidation sites excluding steroid dienone is 1. The Morgan fingerprint density at radius 2 is 2.00 bits per heavy atom. The van der Waals surface area contributed by atoms with E-state index in [-0.39, 0.29) is 48.7 Å². The minimum absolute atomic E-state index is 0.0163. The van der Waals surface area contributed by atoms with Crippen molar-refractivity contribution in [1.82, 2.24) is 4.90 Å². The zero-order chi connectivity index (χ0) is 27.6. The number of likely N-dealkylation sites (tertiary alicyclic amines) is 1. The highest BCUT2D eigenvalue weighted by molar-refractivity contribution is 8.02. The van der Waals surface area contributed by atoms with Gasteiger partial charge in [0.25, 0.3) is 5.91 Å². The fourth-order valence-electron chi connectivity index (χ4n) is 6.43. The number of benzene rings is 1. The van der Waals surface area contributed by atoms with Crippen molar-refractivity contribution in [2.24, 2.45) is 17.8 Å². The van der Waals surface area contributed by atoms with Gasteiger partial charge in [-0.25, -0.2) is 0 Å². The number of methoxy groups -OCH3 is 1. The van der Waals surface area contributed by atoms with Crippen LogP contribution in [0.2, 0.25) is 0 Å². The number of rotatable bonds is 12. The van der Waals surface area contributed by atoms with Crippen molar-refractivity contribution < 1.29 is 29.0 Å². The van der Waals surface area contributed by atoms with Crippen LogP contribution in [0.15, 0.2) is 49.6 Å². The van der Waals surface area contributed by atoms with Gasteiger partial charge in [-0.15, -0.1) is 24.9 Å². The van der Waals surface area contributed by atoms with E-state index in [9.17, 15) is 19.5 Å². The van der Waals surface area contributed by atoms with Gasteiger partial charge in [-0.2, -0.15) is 0 Å². The molecule has 3 heterocycles. The maximum absolute atomic E-state index is 14.5. The summed E-state index contributed by atoms with van der Waals surface area (Å²) in [6.45, 7) is 11.6. The zero-order valence-electron chi connectivity index (χ0n) is 22.4. The van der Waals surface area contributed by atoms with E-state index in [0.29, 0.717) is 17.9 Å². The Morgan fingerprint density at radius 3 is 2.61 bits per heavy atom. The minimum atomic E-state index is -0.840. The number of unbranched alkanes of at least 4 members (excludes halogenated alkanes) is 1. The third-order valence-electron chi connectivity index (χ3n) is 8.19. The molecule has 1 spiro atoms. The van der Waals surface area contributed by atoms with Gasteiger partial charge in [0.15, 0.2) is 0 Å². The Kier molecular flexibility index (Phi) is 8.57. The second kappa shape index (κ2) is 11.5. The first-order chi connectivity index (χ1) is 18.3. The van der Waals surface area contributed by atoms with E-state index in [4.69, 9.17) is 9.47 Å². The van der Waals surface area contributed by atoms with E-state index >= 15 is 0 Å². The molecule has 3 saturated heterocycles. The number of fused-ring (bicyclic) bond motifs is 1. The Balaban J connectivity index is 1.74. The summed E-state index contributed by atoms with van der Waals surface area (Å²) in [7, 11) is 1.58. The van der Waals surface area contributed by atoms with Crippen molar-refractivity contribution in [3.8, 4) is 5.75 Å². The lowest BCUT2D eigenvalue weighted by atomic mass is 9.66. The number of anilines is 1. The molecule has 3 aliphatic rings. The summed E-state index contributed by atoms with van der Waals surface area (Å²) in [5.74, 6) is -1.49. The maximum atomic E-state index is 14.5. The summed E-state index contributed by atoms with van der Waals surface area (Å²) in [4.78, 5) is 45.1. The van der Waals surface area contributed by atoms with Gasteiger partial charge in [0, 0.05) is 17.5 Å². The Morgan fingerprint density at radius 1 is 1.29 bits per heavy atom. The van der Waals surface area contributed by atoms with Gasteiger partial charge in [0.2, 0.25) is 5.91 Å². The average molecular weight is 543 g/mol. The van der Waals surface area contributed by atoms with Crippen LogP contribution in [0, 0.1) is 17.8 Å².